The Morgan fingerprint density at radius 2 is 2.16 bits per heavy atom. The molecular weight excluding hydrogens is 310 g/mol. The molecule has 0 spiro atoms. The number of carbonyl (C=O) groups excluding carboxylic acids is 1. The quantitative estimate of drug-likeness (QED) is 0.891. The first-order valence-electron chi connectivity index (χ1n) is 5.25. The Labute approximate surface area is 117 Å². The highest BCUT2D eigenvalue weighted by Crippen LogP contribution is 2.21. The molecule has 0 bridgehead atoms. The highest BCUT2D eigenvalue weighted by molar-refractivity contribution is 9.10. The molecule has 0 saturated heterocycles. The normalized spacial score (nSPS) is 9.68. The van der Waals surface area contributed by atoms with E-state index >= 15 is 0 Å². The standard InChI is InChI=1S/C13H8BrN3O2/c14-10-1-2-12(8(3-10)5-15)17-13(19)9-4-11(18)7-16-6-9/h1-4,6-7,18H,(H,17,19). The lowest BCUT2D eigenvalue weighted by Crippen LogP contribution is -2.13. The summed E-state index contributed by atoms with van der Waals surface area (Å²) in [4.78, 5) is 15.7. The molecule has 6 heteroatoms. The van der Waals surface area contributed by atoms with Gasteiger partial charge < -0.3 is 10.4 Å². The van der Waals surface area contributed by atoms with Crippen molar-refractivity contribution in [2.45, 2.75) is 0 Å². The third-order valence-electron chi connectivity index (χ3n) is 2.34. The average Bonchev–Trinajstić information content (AvgIpc) is 2.40. The maximum absolute atomic E-state index is 11.9. The average molecular weight is 318 g/mol. The minimum Gasteiger partial charge on any atom is -0.506 e. The van der Waals surface area contributed by atoms with Gasteiger partial charge in [0.05, 0.1) is 23.0 Å². The summed E-state index contributed by atoms with van der Waals surface area (Å²) >= 11 is 3.25. The molecule has 19 heavy (non-hydrogen) atoms. The molecule has 2 N–H and O–H groups in total. The predicted molar refractivity (Wildman–Crippen MR) is 72.7 cm³/mol. The van der Waals surface area contributed by atoms with Crippen LogP contribution in [0.3, 0.4) is 0 Å². The number of carbonyl (C=O) groups is 1. The van der Waals surface area contributed by atoms with E-state index in [1.807, 2.05) is 6.07 Å². The zero-order valence-corrected chi connectivity index (χ0v) is 11.2. The Balaban J connectivity index is 2.27. The number of anilines is 1. The fourth-order valence-electron chi connectivity index (χ4n) is 1.46. The van der Waals surface area contributed by atoms with Gasteiger partial charge in [0.25, 0.3) is 5.91 Å². The van der Waals surface area contributed by atoms with Crippen LogP contribution >= 0.6 is 15.9 Å². The second kappa shape index (κ2) is 5.50. The number of benzene rings is 1. The van der Waals surface area contributed by atoms with Crippen LogP contribution in [0.5, 0.6) is 5.75 Å². The lowest BCUT2D eigenvalue weighted by atomic mass is 10.2. The van der Waals surface area contributed by atoms with Crippen LogP contribution in [0.1, 0.15) is 15.9 Å². The molecule has 1 aromatic carbocycles. The predicted octanol–water partition coefficient (Wildman–Crippen LogP) is 2.67. The number of aromatic nitrogens is 1. The number of nitrogens with one attached hydrogen (secondary N) is 1. The molecule has 0 atom stereocenters. The van der Waals surface area contributed by atoms with Crippen molar-refractivity contribution in [3.05, 3.63) is 52.3 Å². The number of hydrogen-bond donors (Lipinski definition) is 2. The van der Waals surface area contributed by atoms with Gasteiger partial charge in [0.1, 0.15) is 11.8 Å². The van der Waals surface area contributed by atoms with E-state index in [1.165, 1.54) is 18.5 Å². The molecule has 0 aliphatic rings. The summed E-state index contributed by atoms with van der Waals surface area (Å²) in [6.45, 7) is 0. The van der Waals surface area contributed by atoms with E-state index in [0.717, 1.165) is 4.47 Å². The first-order chi connectivity index (χ1) is 9.10. The van der Waals surface area contributed by atoms with Crippen LogP contribution in [0.2, 0.25) is 0 Å². The number of aromatic hydroxyl groups is 1. The van der Waals surface area contributed by atoms with E-state index < -0.39 is 5.91 Å². The van der Waals surface area contributed by atoms with Crippen molar-refractivity contribution in [1.29, 1.82) is 5.26 Å². The van der Waals surface area contributed by atoms with E-state index in [2.05, 4.69) is 26.2 Å². The molecule has 2 aromatic rings. The minimum atomic E-state index is -0.442. The zero-order valence-electron chi connectivity index (χ0n) is 9.59. The Morgan fingerprint density at radius 1 is 1.37 bits per heavy atom. The lowest BCUT2D eigenvalue weighted by Gasteiger charge is -2.07. The van der Waals surface area contributed by atoms with Gasteiger partial charge in [-0.3, -0.25) is 9.78 Å². The van der Waals surface area contributed by atoms with Gasteiger partial charge in [-0.15, -0.1) is 0 Å². The van der Waals surface area contributed by atoms with Crippen LogP contribution in [0.4, 0.5) is 5.69 Å². The molecule has 1 heterocycles. The molecule has 0 aliphatic carbocycles. The molecule has 0 unspecified atom stereocenters. The van der Waals surface area contributed by atoms with Crippen LogP contribution in [0.25, 0.3) is 0 Å². The first kappa shape index (κ1) is 13.1. The van der Waals surface area contributed by atoms with Gasteiger partial charge >= 0.3 is 0 Å². The molecule has 1 amide bonds. The number of nitrogens with zero attached hydrogens (tertiary/aromatic N) is 2. The third-order valence-corrected chi connectivity index (χ3v) is 2.83. The fraction of sp³-hybridized carbons (Fsp3) is 0. The second-order valence-corrected chi connectivity index (χ2v) is 4.60. The molecule has 2 rings (SSSR count). The second-order valence-electron chi connectivity index (χ2n) is 3.69. The van der Waals surface area contributed by atoms with Crippen molar-refractivity contribution in [3.63, 3.8) is 0 Å². The van der Waals surface area contributed by atoms with Gasteiger partial charge in [-0.25, -0.2) is 0 Å². The van der Waals surface area contributed by atoms with Crippen molar-refractivity contribution in [1.82, 2.24) is 4.98 Å². The Morgan fingerprint density at radius 3 is 2.84 bits per heavy atom. The van der Waals surface area contributed by atoms with Gasteiger partial charge in [-0.05, 0) is 24.3 Å². The molecule has 5 nitrogen and oxygen atoms in total. The lowest BCUT2D eigenvalue weighted by molar-refractivity contribution is 0.102. The molecule has 0 radical (unpaired) electrons. The minimum absolute atomic E-state index is 0.0936. The van der Waals surface area contributed by atoms with Crippen molar-refractivity contribution < 1.29 is 9.90 Å². The van der Waals surface area contributed by atoms with Crippen molar-refractivity contribution in [2.24, 2.45) is 0 Å². The molecule has 0 aliphatic heterocycles. The van der Waals surface area contributed by atoms with E-state index in [1.54, 1.807) is 18.2 Å². The van der Waals surface area contributed by atoms with Gasteiger partial charge in [-0.1, -0.05) is 15.9 Å². The van der Waals surface area contributed by atoms with Crippen molar-refractivity contribution >= 4 is 27.5 Å². The van der Waals surface area contributed by atoms with Crippen molar-refractivity contribution in [2.75, 3.05) is 5.32 Å². The number of halogens is 1. The summed E-state index contributed by atoms with van der Waals surface area (Å²) in [5.41, 5.74) is 0.960. The Hall–Kier alpha value is -2.39. The first-order valence-corrected chi connectivity index (χ1v) is 6.04. The number of amides is 1. The number of rotatable bonds is 2. The van der Waals surface area contributed by atoms with Gasteiger partial charge in [0, 0.05) is 10.7 Å². The fourth-order valence-corrected chi connectivity index (χ4v) is 1.83. The zero-order chi connectivity index (χ0) is 13.8. The SMILES string of the molecule is N#Cc1cc(Br)ccc1NC(=O)c1cncc(O)c1. The largest absolute Gasteiger partial charge is 0.506 e. The van der Waals surface area contributed by atoms with Gasteiger partial charge in [-0.2, -0.15) is 5.26 Å². The van der Waals surface area contributed by atoms with E-state index in [-0.39, 0.29) is 11.3 Å². The number of nitriles is 1. The molecule has 94 valence electrons. The summed E-state index contributed by atoms with van der Waals surface area (Å²) in [5, 5.41) is 20.9. The van der Waals surface area contributed by atoms with Crippen LogP contribution in [-0.2, 0) is 0 Å². The third kappa shape index (κ3) is 3.09. The van der Waals surface area contributed by atoms with Crippen molar-refractivity contribution in [3.8, 4) is 11.8 Å². The van der Waals surface area contributed by atoms with Crippen LogP contribution in [0.15, 0.2) is 41.1 Å². The monoisotopic (exact) mass is 317 g/mol. The van der Waals surface area contributed by atoms with Gasteiger partial charge in [0.15, 0.2) is 0 Å². The van der Waals surface area contributed by atoms with E-state index in [0.29, 0.717) is 11.3 Å². The maximum Gasteiger partial charge on any atom is 0.257 e. The number of pyridine rings is 1. The Bertz CT molecular complexity index is 680. The maximum atomic E-state index is 11.9. The molecule has 1 aromatic heterocycles. The number of hydrogen-bond acceptors (Lipinski definition) is 4. The van der Waals surface area contributed by atoms with E-state index in [9.17, 15) is 9.90 Å². The Kier molecular flexibility index (Phi) is 3.78. The van der Waals surface area contributed by atoms with Crippen LogP contribution in [0, 0.1) is 11.3 Å². The molecule has 0 fully saturated rings. The summed E-state index contributed by atoms with van der Waals surface area (Å²) in [6, 6.07) is 8.24. The highest BCUT2D eigenvalue weighted by Gasteiger charge is 2.10. The molecular formula is C13H8BrN3O2. The van der Waals surface area contributed by atoms with E-state index in [4.69, 9.17) is 5.26 Å². The summed E-state index contributed by atoms with van der Waals surface area (Å²) in [7, 11) is 0. The highest BCUT2D eigenvalue weighted by atomic mass is 79.9. The summed E-state index contributed by atoms with van der Waals surface area (Å²) in [5.74, 6) is -0.536. The van der Waals surface area contributed by atoms with Crippen LogP contribution in [-0.4, -0.2) is 16.0 Å². The smallest absolute Gasteiger partial charge is 0.257 e. The summed E-state index contributed by atoms with van der Waals surface area (Å²) < 4.78 is 0.751. The molecule has 0 saturated carbocycles. The van der Waals surface area contributed by atoms with Crippen LogP contribution < -0.4 is 5.32 Å². The summed E-state index contributed by atoms with van der Waals surface area (Å²) in [6.07, 6.45) is 2.57. The topological polar surface area (TPSA) is 86.0 Å². The van der Waals surface area contributed by atoms with Gasteiger partial charge in [0.2, 0.25) is 0 Å².